The van der Waals surface area contributed by atoms with E-state index in [9.17, 15) is 0 Å². The highest BCUT2D eigenvalue weighted by Crippen LogP contribution is 2.19. The molecule has 2 aliphatic rings. The van der Waals surface area contributed by atoms with Crippen LogP contribution < -0.4 is 5.32 Å². The fourth-order valence-electron chi connectivity index (χ4n) is 2.89. The molecule has 88 valence electrons. The van der Waals surface area contributed by atoms with Crippen LogP contribution in [0.1, 0.15) is 26.7 Å². The number of piperidine rings is 1. The minimum atomic E-state index is 0.827. The summed E-state index contributed by atoms with van der Waals surface area (Å²) in [6, 6.07) is 1.68. The van der Waals surface area contributed by atoms with Crippen LogP contribution in [0.4, 0.5) is 0 Å². The van der Waals surface area contributed by atoms with Crippen LogP contribution in [-0.2, 0) is 0 Å². The summed E-state index contributed by atoms with van der Waals surface area (Å²) in [4.78, 5) is 5.30. The summed E-state index contributed by atoms with van der Waals surface area (Å²) in [5.41, 5.74) is 0. The van der Waals surface area contributed by atoms with Crippen LogP contribution in [-0.4, -0.2) is 61.2 Å². The second kappa shape index (κ2) is 5.28. The quantitative estimate of drug-likeness (QED) is 0.741. The minimum absolute atomic E-state index is 0.827. The smallest absolute Gasteiger partial charge is 0.0348 e. The van der Waals surface area contributed by atoms with Crippen molar-refractivity contribution in [1.29, 1.82) is 0 Å². The summed E-state index contributed by atoms with van der Waals surface area (Å²) in [6.45, 7) is 12.1. The van der Waals surface area contributed by atoms with E-state index in [0.717, 1.165) is 12.1 Å². The second-order valence-electron chi connectivity index (χ2n) is 4.81. The summed E-state index contributed by atoms with van der Waals surface area (Å²) >= 11 is 0. The highest BCUT2D eigenvalue weighted by atomic mass is 15.3. The molecule has 0 radical (unpaired) electrons. The third kappa shape index (κ3) is 2.52. The van der Waals surface area contributed by atoms with Gasteiger partial charge in [-0.15, -0.1) is 0 Å². The molecule has 0 spiro atoms. The van der Waals surface area contributed by atoms with Crippen molar-refractivity contribution in [3.63, 3.8) is 0 Å². The minimum Gasteiger partial charge on any atom is -0.314 e. The predicted molar refractivity (Wildman–Crippen MR) is 64.2 cm³/mol. The zero-order valence-corrected chi connectivity index (χ0v) is 10.2. The Morgan fingerprint density at radius 3 is 2.20 bits per heavy atom. The Labute approximate surface area is 93.8 Å². The lowest BCUT2D eigenvalue weighted by Crippen LogP contribution is -2.61. The number of rotatable bonds is 4. The van der Waals surface area contributed by atoms with Crippen molar-refractivity contribution in [3.8, 4) is 0 Å². The topological polar surface area (TPSA) is 18.5 Å². The lowest BCUT2D eigenvalue weighted by Gasteiger charge is -2.45. The summed E-state index contributed by atoms with van der Waals surface area (Å²) in [7, 11) is 0. The summed E-state index contributed by atoms with van der Waals surface area (Å²) in [6.07, 6.45) is 2.75. The number of hydrogen-bond acceptors (Lipinski definition) is 3. The van der Waals surface area contributed by atoms with Gasteiger partial charge in [-0.3, -0.25) is 4.90 Å². The normalized spacial score (nSPS) is 25.8. The average molecular weight is 211 g/mol. The van der Waals surface area contributed by atoms with Crippen molar-refractivity contribution in [2.45, 2.75) is 38.8 Å². The maximum Gasteiger partial charge on any atom is 0.0348 e. The van der Waals surface area contributed by atoms with Crippen LogP contribution in [0.2, 0.25) is 0 Å². The molecule has 0 saturated carbocycles. The van der Waals surface area contributed by atoms with Crippen LogP contribution in [0.25, 0.3) is 0 Å². The van der Waals surface area contributed by atoms with E-state index in [1.807, 2.05) is 0 Å². The Morgan fingerprint density at radius 1 is 1.13 bits per heavy atom. The molecule has 1 N–H and O–H groups in total. The molecule has 0 bridgehead atoms. The highest BCUT2D eigenvalue weighted by Gasteiger charge is 2.30. The molecule has 0 aromatic heterocycles. The largest absolute Gasteiger partial charge is 0.314 e. The van der Waals surface area contributed by atoms with Gasteiger partial charge in [-0.25, -0.2) is 0 Å². The molecule has 0 aromatic carbocycles. The maximum absolute atomic E-state index is 3.38. The van der Waals surface area contributed by atoms with E-state index in [0.29, 0.717) is 0 Å². The van der Waals surface area contributed by atoms with Gasteiger partial charge in [-0.2, -0.15) is 0 Å². The second-order valence-corrected chi connectivity index (χ2v) is 4.81. The van der Waals surface area contributed by atoms with Gasteiger partial charge in [-0.1, -0.05) is 13.8 Å². The molecule has 0 atom stereocenters. The van der Waals surface area contributed by atoms with Gasteiger partial charge in [0.2, 0.25) is 0 Å². The van der Waals surface area contributed by atoms with Crippen molar-refractivity contribution in [2.24, 2.45) is 0 Å². The fraction of sp³-hybridized carbons (Fsp3) is 1.00. The first-order valence-electron chi connectivity index (χ1n) is 6.54. The lowest BCUT2D eigenvalue weighted by atomic mass is 9.99. The Morgan fingerprint density at radius 2 is 1.80 bits per heavy atom. The van der Waals surface area contributed by atoms with Gasteiger partial charge in [0.05, 0.1) is 0 Å². The van der Waals surface area contributed by atoms with E-state index < -0.39 is 0 Å². The fourth-order valence-corrected chi connectivity index (χ4v) is 2.89. The molecule has 3 heteroatoms. The van der Waals surface area contributed by atoms with Crippen LogP contribution in [0.3, 0.4) is 0 Å². The number of hydrogen-bond donors (Lipinski definition) is 1. The number of likely N-dealkylation sites (tertiary alicyclic amines) is 1. The van der Waals surface area contributed by atoms with Crippen LogP contribution in [0, 0.1) is 0 Å². The standard InChI is InChI=1S/C12H25N3/c1-3-14-7-5-11(6-8-14)15(4-2)12-9-13-10-12/h11-13H,3-10H2,1-2H3. The van der Waals surface area contributed by atoms with E-state index in [4.69, 9.17) is 0 Å². The third-order valence-electron chi connectivity index (χ3n) is 4.07. The summed E-state index contributed by atoms with van der Waals surface area (Å²) in [5, 5.41) is 3.38. The first-order valence-corrected chi connectivity index (χ1v) is 6.54. The van der Waals surface area contributed by atoms with E-state index in [1.54, 1.807) is 0 Å². The van der Waals surface area contributed by atoms with Crippen molar-refractivity contribution >= 4 is 0 Å². The Kier molecular flexibility index (Phi) is 4.00. The molecule has 2 heterocycles. The molecule has 3 nitrogen and oxygen atoms in total. The van der Waals surface area contributed by atoms with Gasteiger partial charge >= 0.3 is 0 Å². The molecular weight excluding hydrogens is 186 g/mol. The molecule has 0 amide bonds. The van der Waals surface area contributed by atoms with Gasteiger partial charge in [0.25, 0.3) is 0 Å². The first kappa shape index (κ1) is 11.4. The van der Waals surface area contributed by atoms with Crippen molar-refractivity contribution < 1.29 is 0 Å². The highest BCUT2D eigenvalue weighted by molar-refractivity contribution is 4.89. The SMILES string of the molecule is CCN1CCC(N(CC)C2CNC2)CC1. The van der Waals surface area contributed by atoms with E-state index in [2.05, 4.69) is 29.0 Å². The van der Waals surface area contributed by atoms with Crippen LogP contribution in [0.5, 0.6) is 0 Å². The van der Waals surface area contributed by atoms with E-state index >= 15 is 0 Å². The van der Waals surface area contributed by atoms with Gasteiger partial charge in [-0.05, 0) is 39.0 Å². The average Bonchev–Trinajstić information content (AvgIpc) is 2.23. The third-order valence-corrected chi connectivity index (χ3v) is 4.07. The zero-order chi connectivity index (χ0) is 10.7. The van der Waals surface area contributed by atoms with Crippen LogP contribution in [0.15, 0.2) is 0 Å². The van der Waals surface area contributed by atoms with E-state index in [1.165, 1.54) is 52.1 Å². The first-order chi connectivity index (χ1) is 7.35. The number of likely N-dealkylation sites (N-methyl/N-ethyl adjacent to an activating group) is 1. The molecular formula is C12H25N3. The van der Waals surface area contributed by atoms with Crippen molar-refractivity contribution in [1.82, 2.24) is 15.1 Å². The molecule has 15 heavy (non-hydrogen) atoms. The van der Waals surface area contributed by atoms with Crippen LogP contribution >= 0.6 is 0 Å². The number of nitrogens with zero attached hydrogens (tertiary/aromatic N) is 2. The molecule has 2 aliphatic heterocycles. The molecule has 0 aromatic rings. The molecule has 2 saturated heterocycles. The van der Waals surface area contributed by atoms with Gasteiger partial charge in [0.15, 0.2) is 0 Å². The zero-order valence-electron chi connectivity index (χ0n) is 10.2. The maximum atomic E-state index is 3.38. The van der Waals surface area contributed by atoms with E-state index in [-0.39, 0.29) is 0 Å². The van der Waals surface area contributed by atoms with Crippen molar-refractivity contribution in [2.75, 3.05) is 39.3 Å². The molecule has 0 unspecified atom stereocenters. The Balaban J connectivity index is 1.81. The summed E-state index contributed by atoms with van der Waals surface area (Å²) < 4.78 is 0. The summed E-state index contributed by atoms with van der Waals surface area (Å²) in [5.74, 6) is 0. The lowest BCUT2D eigenvalue weighted by molar-refractivity contribution is 0.0574. The molecule has 2 fully saturated rings. The Hall–Kier alpha value is -0.120. The monoisotopic (exact) mass is 211 g/mol. The Bertz CT molecular complexity index is 183. The van der Waals surface area contributed by atoms with Gasteiger partial charge in [0.1, 0.15) is 0 Å². The predicted octanol–water partition coefficient (Wildman–Crippen LogP) is 0.764. The number of nitrogens with one attached hydrogen (secondary N) is 1. The van der Waals surface area contributed by atoms with Gasteiger partial charge in [0, 0.05) is 25.2 Å². The molecule has 2 rings (SSSR count). The van der Waals surface area contributed by atoms with Gasteiger partial charge < -0.3 is 10.2 Å². The van der Waals surface area contributed by atoms with Crippen molar-refractivity contribution in [3.05, 3.63) is 0 Å². The molecule has 0 aliphatic carbocycles.